The second-order valence-electron chi connectivity index (χ2n) is 4.42. The third-order valence-corrected chi connectivity index (χ3v) is 3.55. The Hall–Kier alpha value is -0.310. The van der Waals surface area contributed by atoms with E-state index in [4.69, 9.17) is 12.2 Å². The lowest BCUT2D eigenvalue weighted by Crippen LogP contribution is -2.47. The summed E-state index contributed by atoms with van der Waals surface area (Å²) in [4.78, 5) is 2.32. The van der Waals surface area contributed by atoms with E-state index in [9.17, 15) is 0 Å². The number of likely N-dealkylation sites (tertiary alicyclic amines) is 1. The summed E-state index contributed by atoms with van der Waals surface area (Å²) in [5.74, 6) is 1.62. The van der Waals surface area contributed by atoms with E-state index in [-0.39, 0.29) is 0 Å². The highest BCUT2D eigenvalue weighted by Gasteiger charge is 2.23. The molecule has 0 amide bonds. The van der Waals surface area contributed by atoms with Gasteiger partial charge in [-0.15, -0.1) is 0 Å². The van der Waals surface area contributed by atoms with Crippen LogP contribution < -0.4 is 5.32 Å². The smallest absolute Gasteiger partial charge is 0.168 e. The Morgan fingerprint density at radius 1 is 1.43 bits per heavy atom. The van der Waals surface area contributed by atoms with E-state index >= 15 is 0 Å². The first-order valence-corrected chi connectivity index (χ1v) is 6.08. The average molecular weight is 214 g/mol. The largest absolute Gasteiger partial charge is 0.363 e. The Kier molecular flexibility index (Phi) is 4.66. The fraction of sp³-hybridized carbons (Fsp3) is 0.909. The molecule has 2 unspecified atom stereocenters. The zero-order chi connectivity index (χ0) is 10.6. The Morgan fingerprint density at radius 2 is 2.14 bits per heavy atom. The van der Waals surface area contributed by atoms with E-state index in [1.54, 1.807) is 0 Å². The van der Waals surface area contributed by atoms with Crippen LogP contribution in [0.1, 0.15) is 33.6 Å². The van der Waals surface area contributed by atoms with Crippen LogP contribution in [-0.2, 0) is 0 Å². The van der Waals surface area contributed by atoms with Gasteiger partial charge in [0.25, 0.3) is 0 Å². The summed E-state index contributed by atoms with van der Waals surface area (Å²) in [5, 5.41) is 4.24. The second kappa shape index (κ2) is 5.54. The van der Waals surface area contributed by atoms with Gasteiger partial charge in [-0.25, -0.2) is 0 Å². The van der Waals surface area contributed by atoms with Crippen molar-refractivity contribution in [3.63, 3.8) is 0 Å². The van der Waals surface area contributed by atoms with Crippen molar-refractivity contribution in [2.75, 3.05) is 19.6 Å². The van der Waals surface area contributed by atoms with Crippen LogP contribution in [0.15, 0.2) is 0 Å². The molecule has 1 fully saturated rings. The summed E-state index contributed by atoms with van der Waals surface area (Å²) in [5.41, 5.74) is 0. The molecule has 0 saturated carbocycles. The Balaban J connectivity index is 2.34. The Labute approximate surface area is 93.1 Å². The van der Waals surface area contributed by atoms with Crippen LogP contribution in [0.3, 0.4) is 0 Å². The maximum absolute atomic E-state index is 5.35. The van der Waals surface area contributed by atoms with E-state index in [0.717, 1.165) is 43.0 Å². The van der Waals surface area contributed by atoms with Gasteiger partial charge in [0, 0.05) is 19.6 Å². The first kappa shape index (κ1) is 11.8. The van der Waals surface area contributed by atoms with E-state index in [1.165, 1.54) is 6.42 Å². The maximum atomic E-state index is 5.35. The Morgan fingerprint density at radius 3 is 2.71 bits per heavy atom. The fourth-order valence-corrected chi connectivity index (χ4v) is 2.06. The molecule has 82 valence electrons. The summed E-state index contributed by atoms with van der Waals surface area (Å²) < 4.78 is 0. The minimum atomic E-state index is 0.769. The molecule has 14 heavy (non-hydrogen) atoms. The van der Waals surface area contributed by atoms with Gasteiger partial charge in [0.15, 0.2) is 5.11 Å². The zero-order valence-corrected chi connectivity index (χ0v) is 10.4. The number of hydrogen-bond acceptors (Lipinski definition) is 1. The topological polar surface area (TPSA) is 15.3 Å². The van der Waals surface area contributed by atoms with E-state index in [1.807, 2.05) is 0 Å². The highest BCUT2D eigenvalue weighted by Crippen LogP contribution is 2.22. The van der Waals surface area contributed by atoms with Crippen LogP contribution in [0.2, 0.25) is 0 Å². The number of nitrogens with one attached hydrogen (secondary N) is 1. The van der Waals surface area contributed by atoms with E-state index < -0.39 is 0 Å². The molecule has 2 atom stereocenters. The molecule has 0 spiro atoms. The zero-order valence-electron chi connectivity index (χ0n) is 9.55. The van der Waals surface area contributed by atoms with Crippen molar-refractivity contribution < 1.29 is 0 Å². The molecule has 3 heteroatoms. The standard InChI is InChI=1S/C11H22N2S/c1-4-6-12-11(14)13-7-5-9(2)10(3)8-13/h9-10H,4-8H2,1-3H3,(H,12,14). The van der Waals surface area contributed by atoms with Crippen molar-refractivity contribution >= 4 is 17.3 Å². The van der Waals surface area contributed by atoms with Gasteiger partial charge in [-0.1, -0.05) is 20.8 Å². The van der Waals surface area contributed by atoms with Crippen LogP contribution in [-0.4, -0.2) is 29.6 Å². The molecule has 0 bridgehead atoms. The van der Waals surface area contributed by atoms with Crippen molar-refractivity contribution in [2.24, 2.45) is 11.8 Å². The van der Waals surface area contributed by atoms with Gasteiger partial charge < -0.3 is 10.2 Å². The molecule has 0 radical (unpaired) electrons. The summed E-state index contributed by atoms with van der Waals surface area (Å²) in [6.45, 7) is 10.1. The number of hydrogen-bond donors (Lipinski definition) is 1. The van der Waals surface area contributed by atoms with Crippen LogP contribution in [0.5, 0.6) is 0 Å². The molecule has 1 heterocycles. The SMILES string of the molecule is CCCNC(=S)N1CCC(C)C(C)C1. The summed E-state index contributed by atoms with van der Waals surface area (Å²) in [7, 11) is 0. The first-order valence-electron chi connectivity index (χ1n) is 5.68. The van der Waals surface area contributed by atoms with Gasteiger partial charge in [0.1, 0.15) is 0 Å². The van der Waals surface area contributed by atoms with Gasteiger partial charge in [0.05, 0.1) is 0 Å². The quantitative estimate of drug-likeness (QED) is 0.710. The predicted molar refractivity (Wildman–Crippen MR) is 65.4 cm³/mol. The van der Waals surface area contributed by atoms with Crippen molar-refractivity contribution in [3.05, 3.63) is 0 Å². The molecule has 2 nitrogen and oxygen atoms in total. The second-order valence-corrected chi connectivity index (χ2v) is 4.81. The van der Waals surface area contributed by atoms with Gasteiger partial charge >= 0.3 is 0 Å². The van der Waals surface area contributed by atoms with Crippen molar-refractivity contribution in [1.82, 2.24) is 10.2 Å². The lowest BCUT2D eigenvalue weighted by Gasteiger charge is -2.36. The molecular formula is C11H22N2S. The summed E-state index contributed by atoms with van der Waals surface area (Å²) in [6, 6.07) is 0. The van der Waals surface area contributed by atoms with Crippen LogP contribution in [0, 0.1) is 11.8 Å². The minimum Gasteiger partial charge on any atom is -0.363 e. The lowest BCUT2D eigenvalue weighted by atomic mass is 9.89. The van der Waals surface area contributed by atoms with Crippen LogP contribution >= 0.6 is 12.2 Å². The number of rotatable bonds is 2. The fourth-order valence-electron chi connectivity index (χ4n) is 1.79. The van der Waals surface area contributed by atoms with Gasteiger partial charge in [-0.05, 0) is 36.9 Å². The van der Waals surface area contributed by atoms with Crippen molar-refractivity contribution in [2.45, 2.75) is 33.6 Å². The lowest BCUT2D eigenvalue weighted by molar-refractivity contribution is 0.203. The molecule has 1 aliphatic heterocycles. The normalized spacial score (nSPS) is 27.5. The van der Waals surface area contributed by atoms with E-state index in [2.05, 4.69) is 31.0 Å². The Bertz CT molecular complexity index is 194. The number of thiocarbonyl (C=S) groups is 1. The number of nitrogens with zero attached hydrogens (tertiary/aromatic N) is 1. The average Bonchev–Trinajstić information content (AvgIpc) is 2.18. The molecule has 1 N–H and O–H groups in total. The van der Waals surface area contributed by atoms with Gasteiger partial charge in [-0.3, -0.25) is 0 Å². The molecule has 0 aliphatic carbocycles. The molecule has 0 aromatic heterocycles. The van der Waals surface area contributed by atoms with Gasteiger partial charge in [-0.2, -0.15) is 0 Å². The predicted octanol–water partition coefficient (Wildman–Crippen LogP) is 2.25. The van der Waals surface area contributed by atoms with Crippen molar-refractivity contribution in [3.8, 4) is 0 Å². The highest BCUT2D eigenvalue weighted by atomic mass is 32.1. The van der Waals surface area contributed by atoms with Crippen LogP contribution in [0.25, 0.3) is 0 Å². The molecule has 1 aliphatic rings. The minimum absolute atomic E-state index is 0.769. The van der Waals surface area contributed by atoms with Crippen LogP contribution in [0.4, 0.5) is 0 Å². The summed E-state index contributed by atoms with van der Waals surface area (Å²) in [6.07, 6.45) is 2.41. The monoisotopic (exact) mass is 214 g/mol. The third kappa shape index (κ3) is 3.12. The first-order chi connectivity index (χ1) is 6.65. The van der Waals surface area contributed by atoms with Gasteiger partial charge in [0.2, 0.25) is 0 Å². The number of piperidine rings is 1. The molecule has 1 saturated heterocycles. The molecule has 0 aromatic rings. The van der Waals surface area contributed by atoms with Crippen molar-refractivity contribution in [1.29, 1.82) is 0 Å². The maximum Gasteiger partial charge on any atom is 0.168 e. The third-order valence-electron chi connectivity index (χ3n) is 3.15. The molecule has 1 rings (SSSR count). The van der Waals surface area contributed by atoms with E-state index in [0.29, 0.717) is 0 Å². The molecular weight excluding hydrogens is 192 g/mol. The molecule has 0 aromatic carbocycles. The highest BCUT2D eigenvalue weighted by molar-refractivity contribution is 7.80. The summed E-state index contributed by atoms with van der Waals surface area (Å²) >= 11 is 5.35.